The van der Waals surface area contributed by atoms with Gasteiger partial charge >= 0.3 is 0 Å². The van der Waals surface area contributed by atoms with Gasteiger partial charge < -0.3 is 18.9 Å². The highest BCUT2D eigenvalue weighted by atomic mass is 16.5. The zero-order valence-corrected chi connectivity index (χ0v) is 17.6. The molecule has 0 aromatic heterocycles. The molecule has 160 valence electrons. The zero-order chi connectivity index (χ0) is 22.1. The number of benzene rings is 3. The number of hydrogen-bond donors (Lipinski definition) is 1. The minimum absolute atomic E-state index is 0.361. The van der Waals surface area contributed by atoms with Crippen LogP contribution >= 0.6 is 0 Å². The number of amides is 1. The lowest BCUT2D eigenvalue weighted by Gasteiger charge is -2.12. The predicted octanol–water partition coefficient (Wildman–Crippen LogP) is 4.06. The van der Waals surface area contributed by atoms with E-state index in [2.05, 4.69) is 10.5 Å². The number of nitrogens with zero attached hydrogens (tertiary/aromatic N) is 1. The monoisotopic (exact) mass is 420 g/mol. The molecule has 0 aliphatic carbocycles. The van der Waals surface area contributed by atoms with Gasteiger partial charge in [-0.15, -0.1) is 0 Å². The molecule has 1 N–H and O–H groups in total. The number of ether oxygens (including phenoxy) is 4. The highest BCUT2D eigenvalue weighted by Gasteiger charge is 2.13. The van der Waals surface area contributed by atoms with Crippen molar-refractivity contribution in [1.82, 2.24) is 5.43 Å². The number of carbonyl (C=O) groups excluding carboxylic acids is 1. The van der Waals surface area contributed by atoms with E-state index >= 15 is 0 Å². The molecule has 0 spiro atoms. The Hall–Kier alpha value is -4.00. The van der Waals surface area contributed by atoms with Gasteiger partial charge in [0.1, 0.15) is 12.4 Å². The fourth-order valence-electron chi connectivity index (χ4n) is 2.92. The van der Waals surface area contributed by atoms with Crippen LogP contribution in [0, 0.1) is 0 Å². The maximum absolute atomic E-state index is 12.6. The summed E-state index contributed by atoms with van der Waals surface area (Å²) in [6.45, 7) is 0.361. The lowest BCUT2D eigenvalue weighted by atomic mass is 10.2. The summed E-state index contributed by atoms with van der Waals surface area (Å²) in [4.78, 5) is 12.6. The Morgan fingerprint density at radius 3 is 2.16 bits per heavy atom. The van der Waals surface area contributed by atoms with Crippen molar-refractivity contribution in [2.45, 2.75) is 6.61 Å². The topological polar surface area (TPSA) is 78.4 Å². The lowest BCUT2D eigenvalue weighted by Crippen LogP contribution is -2.18. The third-order valence-electron chi connectivity index (χ3n) is 4.44. The van der Waals surface area contributed by atoms with Crippen LogP contribution in [-0.2, 0) is 6.61 Å². The van der Waals surface area contributed by atoms with Crippen molar-refractivity contribution in [3.8, 4) is 23.0 Å². The molecular weight excluding hydrogens is 396 g/mol. The van der Waals surface area contributed by atoms with Gasteiger partial charge in [0.2, 0.25) is 5.75 Å². The summed E-state index contributed by atoms with van der Waals surface area (Å²) >= 11 is 0. The molecule has 7 nitrogen and oxygen atoms in total. The van der Waals surface area contributed by atoms with Crippen molar-refractivity contribution in [3.05, 3.63) is 83.4 Å². The molecule has 31 heavy (non-hydrogen) atoms. The van der Waals surface area contributed by atoms with E-state index in [1.165, 1.54) is 27.5 Å². The lowest BCUT2D eigenvalue weighted by molar-refractivity contribution is 0.0950. The van der Waals surface area contributed by atoms with Crippen molar-refractivity contribution in [1.29, 1.82) is 0 Å². The third kappa shape index (κ3) is 5.54. The maximum Gasteiger partial charge on any atom is 0.275 e. The highest BCUT2D eigenvalue weighted by Crippen LogP contribution is 2.37. The predicted molar refractivity (Wildman–Crippen MR) is 118 cm³/mol. The Labute approximate surface area is 181 Å². The Morgan fingerprint density at radius 1 is 0.871 bits per heavy atom. The van der Waals surface area contributed by atoms with Gasteiger partial charge in [-0.2, -0.15) is 5.10 Å². The molecule has 0 atom stereocenters. The molecule has 7 heteroatoms. The molecule has 0 fully saturated rings. The summed E-state index contributed by atoms with van der Waals surface area (Å²) in [6, 6.07) is 20.2. The molecule has 3 rings (SSSR count). The van der Waals surface area contributed by atoms with Crippen molar-refractivity contribution in [2.75, 3.05) is 21.3 Å². The first-order valence-corrected chi connectivity index (χ1v) is 9.55. The van der Waals surface area contributed by atoms with Crippen LogP contribution in [-0.4, -0.2) is 33.5 Å². The van der Waals surface area contributed by atoms with E-state index in [4.69, 9.17) is 18.9 Å². The number of rotatable bonds is 9. The molecule has 0 bridgehead atoms. The van der Waals surface area contributed by atoms with Crippen molar-refractivity contribution in [3.63, 3.8) is 0 Å². The number of para-hydroxylation sites is 1. The molecule has 0 aliphatic rings. The molecule has 0 saturated heterocycles. The van der Waals surface area contributed by atoms with Crippen LogP contribution in [0.25, 0.3) is 0 Å². The van der Waals surface area contributed by atoms with E-state index in [1.54, 1.807) is 30.3 Å². The second-order valence-electron chi connectivity index (χ2n) is 6.43. The van der Waals surface area contributed by atoms with Crippen LogP contribution in [0.1, 0.15) is 21.5 Å². The summed E-state index contributed by atoms with van der Waals surface area (Å²) in [5.74, 6) is 1.57. The number of carbonyl (C=O) groups is 1. The molecule has 0 saturated carbocycles. The van der Waals surface area contributed by atoms with Gasteiger partial charge in [0, 0.05) is 5.56 Å². The maximum atomic E-state index is 12.6. The summed E-state index contributed by atoms with van der Waals surface area (Å²) in [5.41, 5.74) is 4.60. The van der Waals surface area contributed by atoms with Crippen molar-refractivity contribution >= 4 is 12.1 Å². The number of hydrazone groups is 1. The van der Waals surface area contributed by atoms with E-state index in [-0.39, 0.29) is 5.91 Å². The number of hydrogen-bond acceptors (Lipinski definition) is 6. The van der Waals surface area contributed by atoms with E-state index < -0.39 is 0 Å². The summed E-state index contributed by atoms with van der Waals surface area (Å²) in [5, 5.41) is 4.05. The number of methoxy groups -OCH3 is 3. The fraction of sp³-hybridized carbons (Fsp3) is 0.167. The van der Waals surface area contributed by atoms with Crippen LogP contribution in [0.2, 0.25) is 0 Å². The standard InChI is InChI=1S/C24H24N2O5/c1-28-21-13-18(14-22(29-2)23(21)30-3)15-25-26-24(27)19-11-7-8-12-20(19)31-16-17-9-5-4-6-10-17/h4-15H,16H2,1-3H3,(H,26,27). The SMILES string of the molecule is COc1cc(C=NNC(=O)c2ccccc2OCc2ccccc2)cc(OC)c1OC. The minimum atomic E-state index is -0.382. The average Bonchev–Trinajstić information content (AvgIpc) is 2.82. The van der Waals surface area contributed by atoms with Crippen LogP contribution in [0.5, 0.6) is 23.0 Å². The average molecular weight is 420 g/mol. The van der Waals surface area contributed by atoms with E-state index in [1.807, 2.05) is 36.4 Å². The van der Waals surface area contributed by atoms with Gasteiger partial charge in [-0.1, -0.05) is 42.5 Å². The molecule has 0 aliphatic heterocycles. The highest BCUT2D eigenvalue weighted by molar-refractivity contribution is 5.97. The zero-order valence-electron chi connectivity index (χ0n) is 17.6. The Bertz CT molecular complexity index is 1030. The van der Waals surface area contributed by atoms with Gasteiger partial charge in [0.15, 0.2) is 11.5 Å². The van der Waals surface area contributed by atoms with E-state index in [0.717, 1.165) is 5.56 Å². The summed E-state index contributed by atoms with van der Waals surface area (Å²) < 4.78 is 21.8. The summed E-state index contributed by atoms with van der Waals surface area (Å²) in [6.07, 6.45) is 1.50. The van der Waals surface area contributed by atoms with Crippen LogP contribution in [0.15, 0.2) is 71.8 Å². The Balaban J connectivity index is 1.70. The third-order valence-corrected chi connectivity index (χ3v) is 4.44. The number of nitrogens with one attached hydrogen (secondary N) is 1. The minimum Gasteiger partial charge on any atom is -0.493 e. The largest absolute Gasteiger partial charge is 0.493 e. The second kappa shape index (κ2) is 10.7. The quantitative estimate of drug-likeness (QED) is 0.417. The van der Waals surface area contributed by atoms with Crippen LogP contribution in [0.4, 0.5) is 0 Å². The van der Waals surface area contributed by atoms with Crippen molar-refractivity contribution in [2.24, 2.45) is 5.10 Å². The van der Waals surface area contributed by atoms with E-state index in [0.29, 0.717) is 40.7 Å². The smallest absolute Gasteiger partial charge is 0.275 e. The molecule has 1 amide bonds. The first kappa shape index (κ1) is 21.7. The Morgan fingerprint density at radius 2 is 1.52 bits per heavy atom. The Kier molecular flexibility index (Phi) is 7.48. The molecule has 0 heterocycles. The van der Waals surface area contributed by atoms with Gasteiger partial charge in [-0.25, -0.2) is 5.43 Å². The first-order chi connectivity index (χ1) is 15.2. The van der Waals surface area contributed by atoms with Gasteiger partial charge in [-0.05, 0) is 29.8 Å². The second-order valence-corrected chi connectivity index (χ2v) is 6.43. The normalized spacial score (nSPS) is 10.5. The van der Waals surface area contributed by atoms with Gasteiger partial charge in [0.05, 0.1) is 33.1 Å². The molecule has 0 radical (unpaired) electrons. The molecular formula is C24H24N2O5. The fourth-order valence-corrected chi connectivity index (χ4v) is 2.92. The molecule has 3 aromatic rings. The van der Waals surface area contributed by atoms with Crippen molar-refractivity contribution < 1.29 is 23.7 Å². The van der Waals surface area contributed by atoms with E-state index in [9.17, 15) is 4.79 Å². The van der Waals surface area contributed by atoms with Gasteiger partial charge in [0.25, 0.3) is 5.91 Å². The first-order valence-electron chi connectivity index (χ1n) is 9.55. The summed E-state index contributed by atoms with van der Waals surface area (Å²) in [7, 11) is 4.60. The van der Waals surface area contributed by atoms with Gasteiger partial charge in [-0.3, -0.25) is 4.79 Å². The molecule has 0 unspecified atom stereocenters. The van der Waals surface area contributed by atoms with Crippen LogP contribution < -0.4 is 24.4 Å². The molecule has 3 aromatic carbocycles. The van der Waals surface area contributed by atoms with Crippen LogP contribution in [0.3, 0.4) is 0 Å².